The quantitative estimate of drug-likeness (QED) is 0.846. The molecule has 1 fully saturated rings. The number of imidazole rings is 1. The van der Waals surface area contributed by atoms with Crippen LogP contribution in [0, 0.1) is 0 Å². The molecule has 104 valence electrons. The Hall–Kier alpha value is -2.37. The van der Waals surface area contributed by atoms with Gasteiger partial charge in [-0.1, -0.05) is 6.07 Å². The molecule has 6 heteroatoms. The monoisotopic (exact) mass is 272 g/mol. The van der Waals surface area contributed by atoms with E-state index in [1.54, 1.807) is 10.6 Å². The van der Waals surface area contributed by atoms with E-state index in [1.807, 2.05) is 24.4 Å². The van der Waals surface area contributed by atoms with Gasteiger partial charge in [0.2, 0.25) is 5.91 Å². The summed E-state index contributed by atoms with van der Waals surface area (Å²) in [5, 5.41) is 5.56. The Bertz CT molecular complexity index is 616. The molecule has 0 saturated carbocycles. The van der Waals surface area contributed by atoms with Gasteiger partial charge in [0.25, 0.3) is 5.91 Å². The second kappa shape index (κ2) is 5.32. The van der Waals surface area contributed by atoms with Crippen LogP contribution in [0.2, 0.25) is 0 Å². The lowest BCUT2D eigenvalue weighted by atomic mass is 10.1. The summed E-state index contributed by atoms with van der Waals surface area (Å²) in [7, 11) is 0. The molecule has 1 saturated heterocycles. The van der Waals surface area contributed by atoms with Crippen LogP contribution in [0.1, 0.15) is 29.8 Å². The Morgan fingerprint density at radius 1 is 1.40 bits per heavy atom. The van der Waals surface area contributed by atoms with Crippen LogP contribution in [0.3, 0.4) is 0 Å². The molecule has 0 spiro atoms. The van der Waals surface area contributed by atoms with Crippen molar-refractivity contribution in [3.63, 3.8) is 0 Å². The normalized spacial score (nSPS) is 19.4. The Morgan fingerprint density at radius 3 is 3.15 bits per heavy atom. The smallest absolute Gasteiger partial charge is 0.272 e. The van der Waals surface area contributed by atoms with Gasteiger partial charge in [0.1, 0.15) is 17.4 Å². The number of pyridine rings is 1. The number of hydrogen-bond donors (Lipinski definition) is 2. The van der Waals surface area contributed by atoms with Crippen molar-refractivity contribution >= 4 is 17.5 Å². The van der Waals surface area contributed by atoms with Gasteiger partial charge in [0.15, 0.2) is 0 Å². The van der Waals surface area contributed by atoms with E-state index in [0.717, 1.165) is 12.8 Å². The molecular formula is C14H16N4O2. The molecule has 3 rings (SSSR count). The molecule has 3 heterocycles. The van der Waals surface area contributed by atoms with Crippen LogP contribution >= 0.6 is 0 Å². The van der Waals surface area contributed by atoms with E-state index in [9.17, 15) is 9.59 Å². The van der Waals surface area contributed by atoms with Crippen LogP contribution in [0.25, 0.3) is 5.65 Å². The fraction of sp³-hybridized carbons (Fsp3) is 0.357. The van der Waals surface area contributed by atoms with E-state index in [2.05, 4.69) is 15.6 Å². The topological polar surface area (TPSA) is 75.5 Å². The summed E-state index contributed by atoms with van der Waals surface area (Å²) in [6.45, 7) is 0.680. The number of hydrogen-bond acceptors (Lipinski definition) is 3. The minimum atomic E-state index is -0.463. The maximum atomic E-state index is 12.2. The predicted molar refractivity (Wildman–Crippen MR) is 73.3 cm³/mol. The zero-order chi connectivity index (χ0) is 13.9. The number of aromatic nitrogens is 2. The van der Waals surface area contributed by atoms with Crippen molar-refractivity contribution in [2.75, 3.05) is 6.54 Å². The Kier molecular flexibility index (Phi) is 3.37. The van der Waals surface area contributed by atoms with Crippen molar-refractivity contribution in [2.45, 2.75) is 25.3 Å². The largest absolute Gasteiger partial charge is 0.354 e. The van der Waals surface area contributed by atoms with Crippen LogP contribution in [-0.2, 0) is 4.79 Å². The predicted octanol–water partition coefficient (Wildman–Crippen LogP) is 0.733. The third-order valence-electron chi connectivity index (χ3n) is 3.44. The second-order valence-corrected chi connectivity index (χ2v) is 4.91. The van der Waals surface area contributed by atoms with E-state index in [4.69, 9.17) is 0 Å². The van der Waals surface area contributed by atoms with Gasteiger partial charge in [-0.15, -0.1) is 0 Å². The Morgan fingerprint density at radius 2 is 2.30 bits per heavy atom. The van der Waals surface area contributed by atoms with Gasteiger partial charge in [-0.2, -0.15) is 0 Å². The van der Waals surface area contributed by atoms with Gasteiger partial charge in [0, 0.05) is 18.9 Å². The van der Waals surface area contributed by atoms with Gasteiger partial charge < -0.3 is 15.0 Å². The van der Waals surface area contributed by atoms with Crippen molar-refractivity contribution in [1.82, 2.24) is 20.0 Å². The zero-order valence-electron chi connectivity index (χ0n) is 11.0. The first kappa shape index (κ1) is 12.7. The molecule has 20 heavy (non-hydrogen) atoms. The van der Waals surface area contributed by atoms with Crippen molar-refractivity contribution in [3.05, 3.63) is 36.3 Å². The summed E-state index contributed by atoms with van der Waals surface area (Å²) in [6.07, 6.45) is 6.04. The molecule has 2 N–H and O–H groups in total. The summed E-state index contributed by atoms with van der Waals surface area (Å²) < 4.78 is 1.78. The highest BCUT2D eigenvalue weighted by Crippen LogP contribution is 2.08. The molecule has 2 aromatic heterocycles. The first-order valence-electron chi connectivity index (χ1n) is 6.76. The lowest BCUT2D eigenvalue weighted by molar-refractivity contribution is -0.122. The number of fused-ring (bicyclic) bond motifs is 1. The molecule has 0 unspecified atom stereocenters. The van der Waals surface area contributed by atoms with Crippen molar-refractivity contribution in [2.24, 2.45) is 0 Å². The molecule has 0 bridgehead atoms. The number of rotatable bonds is 2. The van der Waals surface area contributed by atoms with Crippen LogP contribution in [-0.4, -0.2) is 33.8 Å². The fourth-order valence-electron chi connectivity index (χ4n) is 2.35. The molecule has 0 aromatic carbocycles. The number of nitrogens with zero attached hydrogens (tertiary/aromatic N) is 2. The van der Waals surface area contributed by atoms with E-state index in [0.29, 0.717) is 24.3 Å². The van der Waals surface area contributed by atoms with Crippen LogP contribution in [0.5, 0.6) is 0 Å². The first-order chi connectivity index (χ1) is 9.74. The van der Waals surface area contributed by atoms with Crippen LogP contribution in [0.4, 0.5) is 0 Å². The Balaban J connectivity index is 1.76. The van der Waals surface area contributed by atoms with E-state index >= 15 is 0 Å². The average Bonchev–Trinajstić information content (AvgIpc) is 2.79. The third kappa shape index (κ3) is 2.49. The first-order valence-corrected chi connectivity index (χ1v) is 6.76. The molecule has 2 aromatic rings. The van der Waals surface area contributed by atoms with Crippen molar-refractivity contribution in [3.8, 4) is 0 Å². The van der Waals surface area contributed by atoms with Gasteiger partial charge >= 0.3 is 0 Å². The Labute approximate surface area is 116 Å². The van der Waals surface area contributed by atoms with Gasteiger partial charge in [-0.3, -0.25) is 9.59 Å². The van der Waals surface area contributed by atoms with Crippen molar-refractivity contribution < 1.29 is 9.59 Å². The van der Waals surface area contributed by atoms with E-state index < -0.39 is 6.04 Å². The minimum Gasteiger partial charge on any atom is -0.354 e. The van der Waals surface area contributed by atoms with Crippen LogP contribution in [0.15, 0.2) is 30.6 Å². The SMILES string of the molecule is O=C(N[C@H]1CCCCNC1=O)c1cn2ccccc2n1. The van der Waals surface area contributed by atoms with E-state index in [-0.39, 0.29) is 11.8 Å². The van der Waals surface area contributed by atoms with Crippen molar-refractivity contribution in [1.29, 1.82) is 0 Å². The van der Waals surface area contributed by atoms with Crippen LogP contribution < -0.4 is 10.6 Å². The molecule has 1 aliphatic heterocycles. The third-order valence-corrected chi connectivity index (χ3v) is 3.44. The summed E-state index contributed by atoms with van der Waals surface area (Å²) in [6, 6.07) is 5.10. The highest BCUT2D eigenvalue weighted by molar-refractivity contribution is 5.96. The molecule has 6 nitrogen and oxygen atoms in total. The highest BCUT2D eigenvalue weighted by Gasteiger charge is 2.23. The molecule has 1 aliphatic rings. The summed E-state index contributed by atoms with van der Waals surface area (Å²) >= 11 is 0. The lowest BCUT2D eigenvalue weighted by Crippen LogP contribution is -2.45. The molecule has 0 aliphatic carbocycles. The zero-order valence-corrected chi connectivity index (χ0v) is 11.0. The summed E-state index contributed by atoms with van der Waals surface area (Å²) in [5.41, 5.74) is 1.04. The number of nitrogens with one attached hydrogen (secondary N) is 2. The molecular weight excluding hydrogens is 256 g/mol. The number of carbonyl (C=O) groups is 2. The minimum absolute atomic E-state index is 0.111. The summed E-state index contributed by atoms with van der Waals surface area (Å²) in [4.78, 5) is 28.2. The van der Waals surface area contributed by atoms with Gasteiger partial charge in [-0.05, 0) is 31.4 Å². The molecule has 0 radical (unpaired) electrons. The molecule has 1 atom stereocenters. The van der Waals surface area contributed by atoms with E-state index in [1.165, 1.54) is 0 Å². The second-order valence-electron chi connectivity index (χ2n) is 4.91. The lowest BCUT2D eigenvalue weighted by Gasteiger charge is -2.13. The number of carbonyl (C=O) groups excluding carboxylic acids is 2. The molecule has 2 amide bonds. The standard InChI is InChI=1S/C14H16N4O2/c19-13-10(5-1-3-7-15-13)17-14(20)11-9-18-8-4-2-6-12(18)16-11/h2,4,6,8-10H,1,3,5,7H2,(H,15,19)(H,17,20)/t10-/m0/s1. The maximum absolute atomic E-state index is 12.2. The maximum Gasteiger partial charge on any atom is 0.272 e. The average molecular weight is 272 g/mol. The van der Waals surface area contributed by atoms with Gasteiger partial charge in [-0.25, -0.2) is 4.98 Å². The summed E-state index contributed by atoms with van der Waals surface area (Å²) in [5.74, 6) is -0.421. The van der Waals surface area contributed by atoms with Gasteiger partial charge in [0.05, 0.1) is 0 Å². The number of amides is 2. The highest BCUT2D eigenvalue weighted by atomic mass is 16.2. The fourth-order valence-corrected chi connectivity index (χ4v) is 2.35.